The number of aryl methyl sites for hydroxylation is 1. The van der Waals surface area contributed by atoms with Crippen molar-refractivity contribution in [1.82, 2.24) is 14.7 Å². The Labute approximate surface area is 248 Å². The van der Waals surface area contributed by atoms with Gasteiger partial charge in [-0.1, -0.05) is 54.6 Å². The number of halogens is 3. The number of hydrogen-bond acceptors (Lipinski definition) is 4. The zero-order valence-electron chi connectivity index (χ0n) is 23.9. The largest absolute Gasteiger partial charge is 0.423 e. The van der Waals surface area contributed by atoms with E-state index in [0.29, 0.717) is 16.9 Å². The van der Waals surface area contributed by atoms with Crippen molar-refractivity contribution in [2.75, 3.05) is 6.54 Å². The molecule has 0 unspecified atom stereocenters. The first-order valence-corrected chi connectivity index (χ1v) is 14.1. The molecular weight excluding hydrogens is 551 g/mol. The van der Waals surface area contributed by atoms with Crippen LogP contribution in [0.1, 0.15) is 44.0 Å². The second kappa shape index (κ2) is 11.5. The van der Waals surface area contributed by atoms with Gasteiger partial charge in [-0.2, -0.15) is 18.3 Å². The third-order valence-electron chi connectivity index (χ3n) is 7.97. The molecule has 1 aliphatic rings. The summed E-state index contributed by atoms with van der Waals surface area (Å²) in [7, 11) is 0. The number of para-hydroxylation sites is 1. The molecule has 0 fully saturated rings. The number of nitrogens with zero attached hydrogens (tertiary/aromatic N) is 3. The normalized spacial score (nSPS) is 13.5. The van der Waals surface area contributed by atoms with Gasteiger partial charge in [0, 0.05) is 30.9 Å². The Morgan fingerprint density at radius 3 is 2.35 bits per heavy atom. The molecule has 0 N–H and O–H groups in total. The van der Waals surface area contributed by atoms with Crippen LogP contribution in [0.25, 0.3) is 16.8 Å². The zero-order chi connectivity index (χ0) is 30.1. The van der Waals surface area contributed by atoms with Crippen LogP contribution in [0.5, 0.6) is 5.75 Å². The number of alkyl halides is 3. The van der Waals surface area contributed by atoms with Gasteiger partial charge in [0.15, 0.2) is 0 Å². The summed E-state index contributed by atoms with van der Waals surface area (Å²) in [6.07, 6.45) is -3.61. The molecular formula is C35H30F3N3O2. The molecule has 0 spiro atoms. The fourth-order valence-electron chi connectivity index (χ4n) is 5.65. The van der Waals surface area contributed by atoms with Crippen LogP contribution in [0.15, 0.2) is 97.1 Å². The van der Waals surface area contributed by atoms with Crippen molar-refractivity contribution in [2.24, 2.45) is 0 Å². The summed E-state index contributed by atoms with van der Waals surface area (Å²) in [5, 5.41) is 4.79. The van der Waals surface area contributed by atoms with Crippen LogP contribution in [-0.4, -0.2) is 27.2 Å². The van der Waals surface area contributed by atoms with Gasteiger partial charge in [0.1, 0.15) is 5.75 Å². The molecule has 1 aliphatic heterocycles. The highest BCUT2D eigenvalue weighted by atomic mass is 19.4. The highest BCUT2D eigenvalue weighted by molar-refractivity contribution is 5.98. The lowest BCUT2D eigenvalue weighted by molar-refractivity contribution is -0.137. The Morgan fingerprint density at radius 2 is 1.60 bits per heavy atom. The lowest BCUT2D eigenvalue weighted by Gasteiger charge is -2.29. The second-order valence-corrected chi connectivity index (χ2v) is 10.8. The van der Waals surface area contributed by atoms with Gasteiger partial charge in [0.2, 0.25) is 0 Å². The van der Waals surface area contributed by atoms with Crippen molar-refractivity contribution in [1.29, 1.82) is 0 Å². The number of aromatic nitrogens is 2. The monoisotopic (exact) mass is 581 g/mol. The predicted molar refractivity (Wildman–Crippen MR) is 159 cm³/mol. The van der Waals surface area contributed by atoms with Gasteiger partial charge in [-0.05, 0) is 85.0 Å². The first-order chi connectivity index (χ1) is 20.7. The molecule has 0 radical (unpaired) electrons. The van der Waals surface area contributed by atoms with Gasteiger partial charge in [0.25, 0.3) is 0 Å². The van der Waals surface area contributed by atoms with Crippen molar-refractivity contribution in [2.45, 2.75) is 39.5 Å². The third kappa shape index (κ3) is 5.96. The quantitative estimate of drug-likeness (QED) is 0.151. The highest BCUT2D eigenvalue weighted by Crippen LogP contribution is 2.33. The van der Waals surface area contributed by atoms with E-state index in [-0.39, 0.29) is 5.56 Å². The summed E-state index contributed by atoms with van der Waals surface area (Å²) in [6, 6.07) is 27.4. The van der Waals surface area contributed by atoms with Gasteiger partial charge in [-0.25, -0.2) is 9.48 Å². The fourth-order valence-corrected chi connectivity index (χ4v) is 5.65. The predicted octanol–water partition coefficient (Wildman–Crippen LogP) is 7.95. The fraction of sp³-hybridized carbons (Fsp3) is 0.200. The Bertz CT molecular complexity index is 1780. The molecule has 0 atom stereocenters. The smallest absolute Gasteiger partial charge is 0.416 e. The number of ether oxygens (including phenoxy) is 1. The Balaban J connectivity index is 1.15. The summed E-state index contributed by atoms with van der Waals surface area (Å²) >= 11 is 0. The van der Waals surface area contributed by atoms with E-state index in [4.69, 9.17) is 9.84 Å². The van der Waals surface area contributed by atoms with Crippen LogP contribution in [0, 0.1) is 13.8 Å². The maximum Gasteiger partial charge on any atom is 0.416 e. The molecule has 4 aromatic carbocycles. The molecule has 0 saturated heterocycles. The molecule has 0 aliphatic carbocycles. The molecule has 43 heavy (non-hydrogen) atoms. The van der Waals surface area contributed by atoms with Gasteiger partial charge in [-0.3, -0.25) is 4.90 Å². The molecule has 8 heteroatoms. The van der Waals surface area contributed by atoms with Crippen LogP contribution in [0.2, 0.25) is 0 Å². The minimum Gasteiger partial charge on any atom is -0.423 e. The minimum absolute atomic E-state index is 0.285. The van der Waals surface area contributed by atoms with E-state index in [2.05, 4.69) is 30.9 Å². The van der Waals surface area contributed by atoms with Crippen molar-refractivity contribution >= 4 is 5.97 Å². The Kier molecular flexibility index (Phi) is 7.62. The van der Waals surface area contributed by atoms with E-state index in [0.717, 1.165) is 60.8 Å². The van der Waals surface area contributed by atoms with Crippen molar-refractivity contribution in [3.63, 3.8) is 0 Å². The molecule has 0 amide bonds. The highest BCUT2D eigenvalue weighted by Gasteiger charge is 2.30. The van der Waals surface area contributed by atoms with Gasteiger partial charge < -0.3 is 4.74 Å². The molecule has 5 aromatic rings. The summed E-state index contributed by atoms with van der Waals surface area (Å²) in [5.74, 6) is -0.121. The number of carbonyl (C=O) groups is 1. The number of rotatable bonds is 6. The summed E-state index contributed by atoms with van der Waals surface area (Å²) in [5.41, 5.74) is 7.30. The van der Waals surface area contributed by atoms with Crippen LogP contribution < -0.4 is 4.74 Å². The number of fused-ring (bicyclic) bond motifs is 1. The van der Waals surface area contributed by atoms with E-state index < -0.39 is 17.7 Å². The molecule has 0 bridgehead atoms. The van der Waals surface area contributed by atoms with E-state index in [9.17, 15) is 18.0 Å². The number of benzene rings is 4. The van der Waals surface area contributed by atoms with Crippen LogP contribution in [0.4, 0.5) is 13.2 Å². The van der Waals surface area contributed by atoms with E-state index in [1.54, 1.807) is 30.3 Å². The summed E-state index contributed by atoms with van der Waals surface area (Å²) in [6.45, 7) is 6.58. The van der Waals surface area contributed by atoms with E-state index in [1.807, 2.05) is 35.0 Å². The Morgan fingerprint density at radius 1 is 0.884 bits per heavy atom. The van der Waals surface area contributed by atoms with Crippen molar-refractivity contribution < 1.29 is 22.7 Å². The maximum atomic E-state index is 13.2. The SMILES string of the molecule is Cc1nn(-c2ccccc2)c(C)c1CN1CCc2cc(OC(=O)c3ccccc3-c3ccc(C(F)(F)F)cc3)ccc2C1. The molecule has 218 valence electrons. The molecule has 5 nitrogen and oxygen atoms in total. The Hall–Kier alpha value is -4.69. The molecule has 2 heterocycles. The molecule has 1 aromatic heterocycles. The molecule has 0 saturated carbocycles. The van der Waals surface area contributed by atoms with E-state index in [1.165, 1.54) is 23.3 Å². The average Bonchev–Trinajstić information content (AvgIpc) is 3.29. The number of esters is 1. The van der Waals surface area contributed by atoms with Crippen LogP contribution in [0.3, 0.4) is 0 Å². The lowest BCUT2D eigenvalue weighted by atomic mass is 9.98. The van der Waals surface area contributed by atoms with Crippen LogP contribution >= 0.6 is 0 Å². The number of carbonyl (C=O) groups excluding carboxylic acids is 1. The topological polar surface area (TPSA) is 47.4 Å². The average molecular weight is 582 g/mol. The number of hydrogen-bond donors (Lipinski definition) is 0. The van der Waals surface area contributed by atoms with Crippen LogP contribution in [-0.2, 0) is 25.7 Å². The minimum atomic E-state index is -4.43. The van der Waals surface area contributed by atoms with Gasteiger partial charge in [0.05, 0.1) is 22.5 Å². The third-order valence-corrected chi connectivity index (χ3v) is 7.97. The standard InChI is InChI=1S/C35H30F3N3O2/c1-23-33(24(2)41(39-23)29-8-4-3-5-9-29)22-40-19-18-26-20-30(17-14-27(26)21-40)43-34(42)32-11-7-6-10-31(32)25-12-15-28(16-13-25)35(36,37)38/h3-17,20H,18-19,21-22H2,1-2H3. The lowest BCUT2D eigenvalue weighted by Crippen LogP contribution is -2.30. The first-order valence-electron chi connectivity index (χ1n) is 14.1. The first kappa shape index (κ1) is 28.4. The second-order valence-electron chi connectivity index (χ2n) is 10.8. The molecule has 6 rings (SSSR count). The summed E-state index contributed by atoms with van der Waals surface area (Å²) in [4.78, 5) is 15.6. The van der Waals surface area contributed by atoms with Gasteiger partial charge >= 0.3 is 12.1 Å². The van der Waals surface area contributed by atoms with Crippen molar-refractivity contribution in [3.05, 3.63) is 136 Å². The van der Waals surface area contributed by atoms with E-state index >= 15 is 0 Å². The van der Waals surface area contributed by atoms with Crippen molar-refractivity contribution in [3.8, 4) is 22.6 Å². The summed E-state index contributed by atoms with van der Waals surface area (Å²) < 4.78 is 46.8. The van der Waals surface area contributed by atoms with Gasteiger partial charge in [-0.15, -0.1) is 0 Å². The zero-order valence-corrected chi connectivity index (χ0v) is 23.9. The maximum absolute atomic E-state index is 13.2.